The van der Waals surface area contributed by atoms with E-state index in [2.05, 4.69) is 5.32 Å². The minimum Gasteiger partial charge on any atom is -0.383 e. The zero-order valence-corrected chi connectivity index (χ0v) is 13.2. The van der Waals surface area contributed by atoms with Crippen LogP contribution in [0, 0.1) is 0 Å². The van der Waals surface area contributed by atoms with E-state index >= 15 is 0 Å². The molecule has 0 saturated heterocycles. The van der Waals surface area contributed by atoms with Gasteiger partial charge in [-0.15, -0.1) is 0 Å². The molecule has 1 aromatic carbocycles. The Hall–Kier alpha value is -1.93. The maximum Gasteiger partial charge on any atom is 0.269 e. The molecule has 1 aromatic rings. The molecular formula is C14H18N2O5S. The molecule has 0 aliphatic carbocycles. The Bertz CT molecular complexity index is 686. The fourth-order valence-electron chi connectivity index (χ4n) is 2.29. The molecule has 8 heteroatoms. The van der Waals surface area contributed by atoms with Crippen LogP contribution < -0.4 is 5.32 Å². The summed E-state index contributed by atoms with van der Waals surface area (Å²) in [5.41, 5.74) is 0.149. The quantitative estimate of drug-likeness (QED) is 0.815. The van der Waals surface area contributed by atoms with Gasteiger partial charge in [0, 0.05) is 26.1 Å². The number of carbonyl (C=O) groups is 2. The number of amides is 2. The number of ether oxygens (including phenoxy) is 1. The van der Waals surface area contributed by atoms with Crippen molar-refractivity contribution in [2.24, 2.45) is 0 Å². The molecule has 0 spiro atoms. The number of benzene rings is 1. The Balaban J connectivity index is 2.03. The molecule has 0 aromatic heterocycles. The monoisotopic (exact) mass is 326 g/mol. The highest BCUT2D eigenvalue weighted by Crippen LogP contribution is 2.29. The van der Waals surface area contributed by atoms with Crippen LogP contribution in [0.2, 0.25) is 0 Å². The first-order chi connectivity index (χ1) is 10.4. The van der Waals surface area contributed by atoms with E-state index in [-0.39, 0.29) is 35.4 Å². The minimum atomic E-state index is -3.85. The van der Waals surface area contributed by atoms with Gasteiger partial charge < -0.3 is 10.1 Å². The van der Waals surface area contributed by atoms with Crippen molar-refractivity contribution in [1.29, 1.82) is 0 Å². The number of rotatable bonds is 6. The highest BCUT2D eigenvalue weighted by atomic mass is 32.2. The van der Waals surface area contributed by atoms with Crippen LogP contribution in [0.1, 0.15) is 23.7 Å². The standard InChI is InChI=1S/C14H18N2O5S/c1-10(9-21-2)15-13(17)7-8-16-14(18)11-5-3-4-6-12(11)22(16,19)20/h3-6,10H,7-9H2,1-2H3,(H,15,17)/t10-/m1/s1. The van der Waals surface area contributed by atoms with Gasteiger partial charge in [0.1, 0.15) is 4.90 Å². The average molecular weight is 326 g/mol. The van der Waals surface area contributed by atoms with Crippen LogP contribution in [0.3, 0.4) is 0 Å². The normalized spacial score (nSPS) is 17.2. The second-order valence-electron chi connectivity index (χ2n) is 5.05. The van der Waals surface area contributed by atoms with Crippen LogP contribution in [-0.4, -0.2) is 50.8 Å². The number of hydrogen-bond donors (Lipinski definition) is 1. The number of fused-ring (bicyclic) bond motifs is 1. The summed E-state index contributed by atoms with van der Waals surface area (Å²) in [4.78, 5) is 23.9. The summed E-state index contributed by atoms with van der Waals surface area (Å²) in [5, 5.41) is 2.67. The van der Waals surface area contributed by atoms with Gasteiger partial charge in [0.2, 0.25) is 5.91 Å². The summed E-state index contributed by atoms with van der Waals surface area (Å²) >= 11 is 0. The van der Waals surface area contributed by atoms with Gasteiger partial charge in [0.15, 0.2) is 0 Å². The Kier molecular flexibility index (Phi) is 4.82. The SMILES string of the molecule is COC[C@@H](C)NC(=O)CCN1C(=O)c2ccccc2S1(=O)=O. The first kappa shape index (κ1) is 16.4. The van der Waals surface area contributed by atoms with E-state index in [1.807, 2.05) is 0 Å². The fraction of sp³-hybridized carbons (Fsp3) is 0.429. The van der Waals surface area contributed by atoms with Crippen molar-refractivity contribution in [2.45, 2.75) is 24.3 Å². The van der Waals surface area contributed by atoms with Gasteiger partial charge in [-0.1, -0.05) is 12.1 Å². The van der Waals surface area contributed by atoms with E-state index in [9.17, 15) is 18.0 Å². The number of methoxy groups -OCH3 is 1. The predicted octanol–water partition coefficient (Wildman–Crippen LogP) is 0.372. The minimum absolute atomic E-state index is 0.00633. The van der Waals surface area contributed by atoms with Crippen molar-refractivity contribution in [1.82, 2.24) is 9.62 Å². The lowest BCUT2D eigenvalue weighted by molar-refractivity contribution is -0.122. The molecule has 1 N–H and O–H groups in total. The first-order valence-corrected chi connectivity index (χ1v) is 8.26. The number of nitrogens with one attached hydrogen (secondary N) is 1. The molecule has 0 fully saturated rings. The second-order valence-corrected chi connectivity index (χ2v) is 6.88. The maximum atomic E-state index is 12.3. The molecular weight excluding hydrogens is 308 g/mol. The van der Waals surface area contributed by atoms with E-state index in [1.54, 1.807) is 19.1 Å². The lowest BCUT2D eigenvalue weighted by Crippen LogP contribution is -2.39. The zero-order valence-electron chi connectivity index (χ0n) is 12.4. The Morgan fingerprint density at radius 3 is 2.68 bits per heavy atom. The molecule has 1 atom stereocenters. The Morgan fingerprint density at radius 1 is 1.36 bits per heavy atom. The summed E-state index contributed by atoms with van der Waals surface area (Å²) < 4.78 is 30.2. The number of hydrogen-bond acceptors (Lipinski definition) is 5. The van der Waals surface area contributed by atoms with Gasteiger partial charge in [0.25, 0.3) is 15.9 Å². The molecule has 0 bridgehead atoms. The van der Waals surface area contributed by atoms with E-state index in [0.29, 0.717) is 6.61 Å². The molecule has 2 amide bonds. The molecule has 7 nitrogen and oxygen atoms in total. The van der Waals surface area contributed by atoms with E-state index in [0.717, 1.165) is 4.31 Å². The molecule has 0 radical (unpaired) electrons. The van der Waals surface area contributed by atoms with Crippen LogP contribution in [0.5, 0.6) is 0 Å². The van der Waals surface area contributed by atoms with Crippen LogP contribution in [0.4, 0.5) is 0 Å². The van der Waals surface area contributed by atoms with Crippen molar-refractivity contribution >= 4 is 21.8 Å². The summed E-state index contributed by atoms with van der Waals surface area (Å²) in [5.74, 6) is -0.920. The summed E-state index contributed by atoms with van der Waals surface area (Å²) in [6, 6.07) is 5.85. The van der Waals surface area contributed by atoms with Crippen molar-refractivity contribution < 1.29 is 22.7 Å². The van der Waals surface area contributed by atoms with Gasteiger partial charge in [-0.2, -0.15) is 0 Å². The largest absolute Gasteiger partial charge is 0.383 e. The maximum absolute atomic E-state index is 12.3. The third-order valence-corrected chi connectivity index (χ3v) is 5.12. The van der Waals surface area contributed by atoms with Gasteiger partial charge in [-0.25, -0.2) is 12.7 Å². The van der Waals surface area contributed by atoms with Crippen molar-refractivity contribution in [3.05, 3.63) is 29.8 Å². The van der Waals surface area contributed by atoms with Crippen LogP contribution in [0.25, 0.3) is 0 Å². The zero-order chi connectivity index (χ0) is 16.3. The molecule has 1 heterocycles. The van der Waals surface area contributed by atoms with Crippen molar-refractivity contribution in [3.63, 3.8) is 0 Å². The second kappa shape index (κ2) is 6.45. The van der Waals surface area contributed by atoms with E-state index in [1.165, 1.54) is 19.2 Å². The molecule has 22 heavy (non-hydrogen) atoms. The summed E-state index contributed by atoms with van der Waals surface area (Å²) in [6.45, 7) is 1.95. The predicted molar refractivity (Wildman–Crippen MR) is 78.8 cm³/mol. The summed E-state index contributed by atoms with van der Waals surface area (Å²) in [6.07, 6.45) is -0.0903. The van der Waals surface area contributed by atoms with Crippen molar-refractivity contribution in [3.8, 4) is 0 Å². The van der Waals surface area contributed by atoms with Gasteiger partial charge >= 0.3 is 0 Å². The smallest absolute Gasteiger partial charge is 0.269 e. The van der Waals surface area contributed by atoms with Crippen LogP contribution in [-0.2, 0) is 19.6 Å². The number of carbonyl (C=O) groups excluding carboxylic acids is 2. The number of sulfonamides is 1. The van der Waals surface area contributed by atoms with E-state index < -0.39 is 15.9 Å². The number of nitrogens with zero attached hydrogens (tertiary/aromatic N) is 1. The molecule has 1 aliphatic heterocycles. The highest BCUT2D eigenvalue weighted by molar-refractivity contribution is 7.90. The molecule has 2 rings (SSSR count). The lowest BCUT2D eigenvalue weighted by Gasteiger charge is -2.16. The first-order valence-electron chi connectivity index (χ1n) is 6.82. The van der Waals surface area contributed by atoms with Crippen LogP contribution >= 0.6 is 0 Å². The molecule has 120 valence electrons. The molecule has 0 saturated carbocycles. The van der Waals surface area contributed by atoms with Gasteiger partial charge in [-0.3, -0.25) is 9.59 Å². The topological polar surface area (TPSA) is 92.8 Å². The Labute approximate surface area is 129 Å². The van der Waals surface area contributed by atoms with Gasteiger partial charge in [-0.05, 0) is 19.1 Å². The Morgan fingerprint density at radius 2 is 2.05 bits per heavy atom. The molecule has 1 aliphatic rings. The third kappa shape index (κ3) is 3.12. The average Bonchev–Trinajstić information content (AvgIpc) is 2.65. The van der Waals surface area contributed by atoms with Crippen LogP contribution in [0.15, 0.2) is 29.2 Å². The van der Waals surface area contributed by atoms with Crippen molar-refractivity contribution in [2.75, 3.05) is 20.3 Å². The fourth-order valence-corrected chi connectivity index (χ4v) is 3.86. The van der Waals surface area contributed by atoms with E-state index in [4.69, 9.17) is 4.74 Å². The molecule has 0 unspecified atom stereocenters. The summed E-state index contributed by atoms with van der Waals surface area (Å²) in [7, 11) is -2.33. The third-order valence-electron chi connectivity index (χ3n) is 3.28. The highest BCUT2D eigenvalue weighted by Gasteiger charge is 2.40. The van der Waals surface area contributed by atoms with Gasteiger partial charge in [0.05, 0.1) is 12.2 Å². The lowest BCUT2D eigenvalue weighted by atomic mass is 10.2.